The summed E-state index contributed by atoms with van der Waals surface area (Å²) in [5.41, 5.74) is -1.64. The van der Waals surface area contributed by atoms with Gasteiger partial charge in [0.05, 0.1) is 6.54 Å². The minimum atomic E-state index is -1.19. The molecule has 4 nitrogen and oxygen atoms in total. The Labute approximate surface area is 141 Å². The van der Waals surface area contributed by atoms with Gasteiger partial charge in [-0.25, -0.2) is 4.39 Å². The van der Waals surface area contributed by atoms with Gasteiger partial charge in [-0.1, -0.05) is 30.3 Å². The van der Waals surface area contributed by atoms with Gasteiger partial charge in [0.1, 0.15) is 17.2 Å². The first-order valence-electron chi connectivity index (χ1n) is 7.71. The molecule has 0 saturated heterocycles. The van der Waals surface area contributed by atoms with Crippen LogP contribution in [0, 0.1) is 5.82 Å². The molecule has 0 saturated carbocycles. The SMILES string of the molecule is CC(C)(Oc1ccc(F)cc1)C(=O)NCC(C)(O)c1ccccc1. The van der Waals surface area contributed by atoms with E-state index in [4.69, 9.17) is 4.74 Å². The first kappa shape index (κ1) is 17.9. The minimum absolute atomic E-state index is 0.0477. The molecular formula is C19H22FNO3. The Balaban J connectivity index is 1.99. The molecule has 1 unspecified atom stereocenters. The van der Waals surface area contributed by atoms with Gasteiger partial charge in [-0.15, -0.1) is 0 Å². The molecule has 0 bridgehead atoms. The van der Waals surface area contributed by atoms with Crippen LogP contribution in [0.3, 0.4) is 0 Å². The molecule has 2 rings (SSSR count). The van der Waals surface area contributed by atoms with Crippen LogP contribution in [0.4, 0.5) is 4.39 Å². The number of halogens is 1. The lowest BCUT2D eigenvalue weighted by Gasteiger charge is -2.29. The summed E-state index contributed by atoms with van der Waals surface area (Å²) >= 11 is 0. The van der Waals surface area contributed by atoms with Crippen LogP contribution >= 0.6 is 0 Å². The largest absolute Gasteiger partial charge is 0.478 e. The van der Waals surface area contributed by atoms with Crippen molar-refractivity contribution in [3.05, 3.63) is 66.0 Å². The molecule has 5 heteroatoms. The van der Waals surface area contributed by atoms with Crippen molar-refractivity contribution < 1.29 is 19.0 Å². The van der Waals surface area contributed by atoms with E-state index in [0.29, 0.717) is 11.3 Å². The summed E-state index contributed by atoms with van der Waals surface area (Å²) in [4.78, 5) is 12.4. The summed E-state index contributed by atoms with van der Waals surface area (Å²) in [5.74, 6) is -0.349. The standard InChI is InChI=1S/C19H22FNO3/c1-18(2,24-16-11-9-15(20)10-12-16)17(22)21-13-19(3,23)14-7-5-4-6-8-14/h4-12,23H,13H2,1-3H3,(H,21,22). The number of aliphatic hydroxyl groups is 1. The Morgan fingerprint density at radius 1 is 1.08 bits per heavy atom. The van der Waals surface area contributed by atoms with E-state index >= 15 is 0 Å². The van der Waals surface area contributed by atoms with Crippen LogP contribution < -0.4 is 10.1 Å². The van der Waals surface area contributed by atoms with E-state index in [-0.39, 0.29) is 18.3 Å². The average molecular weight is 331 g/mol. The number of carbonyl (C=O) groups excluding carboxylic acids is 1. The van der Waals surface area contributed by atoms with Crippen molar-refractivity contribution >= 4 is 5.91 Å². The molecule has 0 heterocycles. The molecule has 128 valence electrons. The van der Waals surface area contributed by atoms with Gasteiger partial charge in [-0.3, -0.25) is 4.79 Å². The van der Waals surface area contributed by atoms with Gasteiger partial charge in [0, 0.05) is 0 Å². The van der Waals surface area contributed by atoms with Crippen molar-refractivity contribution in [3.8, 4) is 5.75 Å². The van der Waals surface area contributed by atoms with Crippen molar-refractivity contribution in [1.82, 2.24) is 5.32 Å². The number of amides is 1. The fraction of sp³-hybridized carbons (Fsp3) is 0.316. The lowest BCUT2D eigenvalue weighted by molar-refractivity contribution is -0.135. The Hall–Kier alpha value is -2.40. The maximum Gasteiger partial charge on any atom is 0.263 e. The average Bonchev–Trinajstić information content (AvgIpc) is 2.55. The Morgan fingerprint density at radius 3 is 2.25 bits per heavy atom. The Kier molecular flexibility index (Phi) is 5.24. The molecule has 24 heavy (non-hydrogen) atoms. The molecule has 0 fully saturated rings. The lowest BCUT2D eigenvalue weighted by atomic mass is 9.95. The predicted octanol–water partition coefficient (Wildman–Crippen LogP) is 3.01. The molecule has 0 aliphatic rings. The molecule has 0 aliphatic heterocycles. The number of hydrogen-bond donors (Lipinski definition) is 2. The number of carbonyl (C=O) groups is 1. The van der Waals surface area contributed by atoms with Crippen LogP contribution in [0.25, 0.3) is 0 Å². The second kappa shape index (κ2) is 7.01. The zero-order chi connectivity index (χ0) is 17.8. The normalized spacial score (nSPS) is 13.9. The van der Waals surface area contributed by atoms with Crippen LogP contribution in [0.5, 0.6) is 5.75 Å². The highest BCUT2D eigenvalue weighted by atomic mass is 19.1. The summed E-state index contributed by atoms with van der Waals surface area (Å²) in [6.45, 7) is 4.91. The molecule has 1 amide bonds. The highest BCUT2D eigenvalue weighted by Crippen LogP contribution is 2.21. The molecule has 0 radical (unpaired) electrons. The Morgan fingerprint density at radius 2 is 1.67 bits per heavy atom. The number of ether oxygens (including phenoxy) is 1. The molecule has 0 spiro atoms. The molecule has 2 aromatic carbocycles. The van der Waals surface area contributed by atoms with Gasteiger partial charge >= 0.3 is 0 Å². The van der Waals surface area contributed by atoms with Crippen LogP contribution in [0.1, 0.15) is 26.3 Å². The monoisotopic (exact) mass is 331 g/mol. The zero-order valence-corrected chi connectivity index (χ0v) is 14.0. The van der Waals surface area contributed by atoms with E-state index < -0.39 is 11.2 Å². The molecule has 0 aromatic heterocycles. The predicted molar refractivity (Wildman–Crippen MR) is 90.1 cm³/mol. The number of benzene rings is 2. The van der Waals surface area contributed by atoms with E-state index in [0.717, 1.165) is 0 Å². The molecular weight excluding hydrogens is 309 g/mol. The summed E-state index contributed by atoms with van der Waals surface area (Å²) in [6, 6.07) is 14.6. The molecule has 1 atom stereocenters. The molecule has 0 aliphatic carbocycles. The van der Waals surface area contributed by atoms with Crippen molar-refractivity contribution in [2.75, 3.05) is 6.54 Å². The highest BCUT2D eigenvalue weighted by Gasteiger charge is 2.32. The number of rotatable bonds is 6. The van der Waals surface area contributed by atoms with E-state index in [1.165, 1.54) is 24.3 Å². The van der Waals surface area contributed by atoms with Gasteiger partial charge in [0.2, 0.25) is 0 Å². The fourth-order valence-corrected chi connectivity index (χ4v) is 2.21. The van der Waals surface area contributed by atoms with Crippen molar-refractivity contribution in [2.24, 2.45) is 0 Å². The summed E-state index contributed by atoms with van der Waals surface area (Å²) in [7, 11) is 0. The second-order valence-electron chi connectivity index (χ2n) is 6.39. The van der Waals surface area contributed by atoms with Crippen LogP contribution in [0.15, 0.2) is 54.6 Å². The third kappa shape index (κ3) is 4.55. The molecule has 2 aromatic rings. The smallest absolute Gasteiger partial charge is 0.263 e. The highest BCUT2D eigenvalue weighted by molar-refractivity contribution is 5.84. The fourth-order valence-electron chi connectivity index (χ4n) is 2.21. The van der Waals surface area contributed by atoms with E-state index in [1.54, 1.807) is 32.9 Å². The van der Waals surface area contributed by atoms with Crippen molar-refractivity contribution in [1.29, 1.82) is 0 Å². The topological polar surface area (TPSA) is 58.6 Å². The summed E-state index contributed by atoms with van der Waals surface area (Å²) in [5, 5.41) is 13.2. The third-order valence-corrected chi connectivity index (χ3v) is 3.72. The van der Waals surface area contributed by atoms with Gasteiger partial charge in [-0.2, -0.15) is 0 Å². The van der Waals surface area contributed by atoms with Crippen molar-refractivity contribution in [2.45, 2.75) is 32.0 Å². The minimum Gasteiger partial charge on any atom is -0.478 e. The Bertz CT molecular complexity index is 682. The maximum atomic E-state index is 12.9. The number of hydrogen-bond acceptors (Lipinski definition) is 3. The van der Waals surface area contributed by atoms with Gasteiger partial charge in [0.15, 0.2) is 5.60 Å². The third-order valence-electron chi connectivity index (χ3n) is 3.72. The van der Waals surface area contributed by atoms with Gasteiger partial charge in [0.25, 0.3) is 5.91 Å². The van der Waals surface area contributed by atoms with Gasteiger partial charge in [-0.05, 0) is 50.6 Å². The second-order valence-corrected chi connectivity index (χ2v) is 6.39. The molecule has 2 N–H and O–H groups in total. The zero-order valence-electron chi connectivity index (χ0n) is 14.0. The first-order chi connectivity index (χ1) is 11.2. The quantitative estimate of drug-likeness (QED) is 0.855. The van der Waals surface area contributed by atoms with Crippen LogP contribution in [-0.4, -0.2) is 23.2 Å². The summed E-state index contributed by atoms with van der Waals surface area (Å²) in [6.07, 6.45) is 0. The first-order valence-corrected chi connectivity index (χ1v) is 7.71. The van der Waals surface area contributed by atoms with Crippen LogP contribution in [-0.2, 0) is 10.4 Å². The number of nitrogens with one attached hydrogen (secondary N) is 1. The van der Waals surface area contributed by atoms with Gasteiger partial charge < -0.3 is 15.2 Å². The van der Waals surface area contributed by atoms with E-state index in [2.05, 4.69) is 5.32 Å². The van der Waals surface area contributed by atoms with Crippen molar-refractivity contribution in [3.63, 3.8) is 0 Å². The van der Waals surface area contributed by atoms with Crippen LogP contribution in [0.2, 0.25) is 0 Å². The maximum absolute atomic E-state index is 12.9. The van der Waals surface area contributed by atoms with E-state index in [9.17, 15) is 14.3 Å². The summed E-state index contributed by atoms with van der Waals surface area (Å²) < 4.78 is 18.6. The van der Waals surface area contributed by atoms with E-state index in [1.807, 2.05) is 18.2 Å². The lowest BCUT2D eigenvalue weighted by Crippen LogP contribution is -2.50.